The van der Waals surface area contributed by atoms with Crippen molar-refractivity contribution >= 4 is 38.5 Å². The summed E-state index contributed by atoms with van der Waals surface area (Å²) in [6.45, 7) is 2.00. The number of benzene rings is 2. The molecule has 8 nitrogen and oxygen atoms in total. The molecule has 0 aliphatic carbocycles. The number of carbonyl (C=O) groups excluding carboxylic acids is 1. The first kappa shape index (κ1) is 23.2. The molecular formula is C23H20F2N4O4S. The number of carbonyl (C=O) groups is 1. The molecule has 34 heavy (non-hydrogen) atoms. The lowest BCUT2D eigenvalue weighted by atomic mass is 10.1. The third-order valence-electron chi connectivity index (χ3n) is 4.92. The minimum atomic E-state index is -4.16. The number of amides is 1. The Morgan fingerprint density at radius 1 is 1.12 bits per heavy atom. The van der Waals surface area contributed by atoms with Gasteiger partial charge in [0.2, 0.25) is 0 Å². The van der Waals surface area contributed by atoms with Gasteiger partial charge in [-0.1, -0.05) is 25.5 Å². The van der Waals surface area contributed by atoms with E-state index in [2.05, 4.69) is 14.7 Å². The molecule has 2 aromatic carbocycles. The summed E-state index contributed by atoms with van der Waals surface area (Å²) in [4.78, 5) is 19.1. The average Bonchev–Trinajstić information content (AvgIpc) is 3.27. The van der Waals surface area contributed by atoms with Crippen molar-refractivity contribution in [2.75, 3.05) is 10.0 Å². The molecule has 2 heterocycles. The summed E-state index contributed by atoms with van der Waals surface area (Å²) >= 11 is 0. The Bertz CT molecular complexity index is 1450. The van der Waals surface area contributed by atoms with Gasteiger partial charge in [0.25, 0.3) is 10.0 Å². The fourth-order valence-corrected chi connectivity index (χ4v) is 4.34. The summed E-state index contributed by atoms with van der Waals surface area (Å²) in [6.07, 6.45) is 3.43. The van der Waals surface area contributed by atoms with Crippen LogP contribution in [0.5, 0.6) is 5.75 Å². The second kappa shape index (κ2) is 9.48. The summed E-state index contributed by atoms with van der Waals surface area (Å²) in [7, 11) is -4.16. The highest BCUT2D eigenvalue weighted by Gasteiger charge is 2.22. The van der Waals surface area contributed by atoms with Crippen molar-refractivity contribution in [1.82, 2.24) is 9.97 Å². The first-order valence-corrected chi connectivity index (χ1v) is 11.8. The lowest BCUT2D eigenvalue weighted by Crippen LogP contribution is -2.20. The zero-order chi connectivity index (χ0) is 24.3. The number of nitrogens with one attached hydrogen (secondary N) is 3. The van der Waals surface area contributed by atoms with Gasteiger partial charge in [-0.3, -0.25) is 10.0 Å². The van der Waals surface area contributed by atoms with Crippen LogP contribution in [-0.2, 0) is 16.4 Å². The molecule has 11 heteroatoms. The molecule has 2 aromatic heterocycles. The molecule has 0 aliphatic rings. The van der Waals surface area contributed by atoms with Gasteiger partial charge < -0.3 is 9.72 Å². The molecule has 0 radical (unpaired) electrons. The van der Waals surface area contributed by atoms with Gasteiger partial charge in [0.15, 0.2) is 11.6 Å². The maximum atomic E-state index is 15.0. The Kier molecular flexibility index (Phi) is 6.46. The molecule has 0 fully saturated rings. The number of hydrogen-bond acceptors (Lipinski definition) is 5. The summed E-state index contributed by atoms with van der Waals surface area (Å²) in [5.41, 5.74) is 0.138. The maximum absolute atomic E-state index is 15.0. The molecule has 0 aliphatic heterocycles. The molecule has 0 bridgehead atoms. The van der Waals surface area contributed by atoms with Crippen molar-refractivity contribution in [3.8, 4) is 5.75 Å². The molecule has 0 saturated heterocycles. The summed E-state index contributed by atoms with van der Waals surface area (Å²) < 4.78 is 61.7. The average molecular weight is 487 g/mol. The number of anilines is 2. The minimum Gasteiger partial charge on any atom is -0.408 e. The third kappa shape index (κ3) is 4.99. The summed E-state index contributed by atoms with van der Waals surface area (Å²) in [6, 6.07) is 11.1. The minimum absolute atomic E-state index is 0.0498. The van der Waals surface area contributed by atoms with E-state index in [4.69, 9.17) is 4.74 Å². The summed E-state index contributed by atoms with van der Waals surface area (Å²) in [5, 5.41) is 2.64. The Balaban J connectivity index is 1.52. The van der Waals surface area contributed by atoms with Crippen LogP contribution in [0.1, 0.15) is 18.9 Å². The van der Waals surface area contributed by atoms with E-state index in [1.165, 1.54) is 24.4 Å². The van der Waals surface area contributed by atoms with Crippen LogP contribution in [0.4, 0.5) is 25.0 Å². The molecule has 0 spiro atoms. The van der Waals surface area contributed by atoms with Gasteiger partial charge in [-0.2, -0.15) is 0 Å². The number of pyridine rings is 1. The second-order valence-electron chi connectivity index (χ2n) is 7.38. The van der Waals surface area contributed by atoms with Crippen LogP contribution in [0.2, 0.25) is 0 Å². The number of H-pyrrole nitrogens is 1. The Labute approximate surface area is 194 Å². The largest absolute Gasteiger partial charge is 0.417 e. The number of sulfonamides is 1. The van der Waals surface area contributed by atoms with Gasteiger partial charge in [-0.15, -0.1) is 0 Å². The molecular weight excluding hydrogens is 466 g/mol. The number of nitrogens with zero attached hydrogens (tertiary/aromatic N) is 1. The highest BCUT2D eigenvalue weighted by atomic mass is 32.2. The van der Waals surface area contributed by atoms with E-state index in [1.807, 2.05) is 12.2 Å². The van der Waals surface area contributed by atoms with E-state index in [-0.39, 0.29) is 10.6 Å². The quantitative estimate of drug-likeness (QED) is 0.332. The Hall–Kier alpha value is -3.99. The molecule has 0 saturated carbocycles. The van der Waals surface area contributed by atoms with Gasteiger partial charge in [0.05, 0.1) is 16.8 Å². The van der Waals surface area contributed by atoms with Crippen LogP contribution in [-0.4, -0.2) is 24.5 Å². The van der Waals surface area contributed by atoms with Gasteiger partial charge in [0, 0.05) is 11.6 Å². The first-order chi connectivity index (χ1) is 16.3. The molecule has 0 unspecified atom stereocenters. The lowest BCUT2D eigenvalue weighted by Gasteiger charge is -2.13. The molecule has 0 atom stereocenters. The number of rotatable bonds is 7. The van der Waals surface area contributed by atoms with Crippen LogP contribution in [0, 0.1) is 11.6 Å². The normalized spacial score (nSPS) is 11.4. The number of ether oxygens (including phenoxy) is 1. The van der Waals surface area contributed by atoms with E-state index in [9.17, 15) is 22.0 Å². The number of aromatic nitrogens is 2. The number of hydrogen-bond donors (Lipinski definition) is 3. The Morgan fingerprint density at radius 3 is 2.62 bits per heavy atom. The number of aromatic amines is 1. The third-order valence-corrected chi connectivity index (χ3v) is 6.30. The fourth-order valence-electron chi connectivity index (χ4n) is 3.28. The number of halogens is 2. The van der Waals surface area contributed by atoms with Crippen LogP contribution in [0.15, 0.2) is 65.8 Å². The molecule has 1 amide bonds. The van der Waals surface area contributed by atoms with Gasteiger partial charge >= 0.3 is 6.09 Å². The SMILES string of the molecule is CCCc1ccc(S(=O)(=O)Nc2ccc(F)c(NC(=O)Oc3cnc4[nH]ccc4c3)c2F)cc1. The van der Waals surface area contributed by atoms with E-state index in [0.29, 0.717) is 11.0 Å². The molecule has 3 N–H and O–H groups in total. The van der Waals surface area contributed by atoms with Crippen molar-refractivity contribution < 1.29 is 26.7 Å². The number of aryl methyl sites for hydroxylation is 1. The molecule has 4 rings (SSSR count). The molecule has 176 valence electrons. The smallest absolute Gasteiger partial charge is 0.408 e. The first-order valence-electron chi connectivity index (χ1n) is 10.3. The number of fused-ring (bicyclic) bond motifs is 1. The second-order valence-corrected chi connectivity index (χ2v) is 9.07. The van der Waals surface area contributed by atoms with Crippen molar-refractivity contribution in [2.45, 2.75) is 24.7 Å². The van der Waals surface area contributed by atoms with Crippen LogP contribution in [0.25, 0.3) is 11.0 Å². The monoisotopic (exact) mass is 486 g/mol. The van der Waals surface area contributed by atoms with Crippen molar-refractivity contribution in [2.24, 2.45) is 0 Å². The van der Waals surface area contributed by atoms with Crippen LogP contribution in [0.3, 0.4) is 0 Å². The lowest BCUT2D eigenvalue weighted by molar-refractivity contribution is 0.215. The topological polar surface area (TPSA) is 113 Å². The highest BCUT2D eigenvalue weighted by Crippen LogP contribution is 2.28. The van der Waals surface area contributed by atoms with E-state index < -0.39 is 39.1 Å². The standard InChI is InChI=1S/C23H20F2N4O4S/c1-2-3-14-4-6-17(7-5-14)34(31,32)29-19-9-8-18(24)21(20(19)25)28-23(30)33-16-12-15-10-11-26-22(15)27-13-16/h4-13,29H,2-3H2,1H3,(H,26,27)(H,28,30). The predicted octanol–water partition coefficient (Wildman–Crippen LogP) is 5.21. The zero-order valence-corrected chi connectivity index (χ0v) is 18.7. The maximum Gasteiger partial charge on any atom is 0.417 e. The van der Waals surface area contributed by atoms with Gasteiger partial charge in [-0.05, 0) is 48.4 Å². The van der Waals surface area contributed by atoms with Crippen molar-refractivity contribution in [1.29, 1.82) is 0 Å². The van der Waals surface area contributed by atoms with Gasteiger partial charge in [0.1, 0.15) is 17.2 Å². The van der Waals surface area contributed by atoms with E-state index in [1.54, 1.807) is 24.4 Å². The Morgan fingerprint density at radius 2 is 1.88 bits per heavy atom. The van der Waals surface area contributed by atoms with Crippen molar-refractivity contribution in [3.05, 3.63) is 78.1 Å². The molecule has 4 aromatic rings. The fraction of sp³-hybridized carbons (Fsp3) is 0.130. The van der Waals surface area contributed by atoms with E-state index in [0.717, 1.165) is 30.5 Å². The predicted molar refractivity (Wildman–Crippen MR) is 123 cm³/mol. The van der Waals surface area contributed by atoms with Crippen molar-refractivity contribution in [3.63, 3.8) is 0 Å². The van der Waals surface area contributed by atoms with Crippen LogP contribution >= 0.6 is 0 Å². The highest BCUT2D eigenvalue weighted by molar-refractivity contribution is 7.92. The zero-order valence-electron chi connectivity index (χ0n) is 17.9. The van der Waals surface area contributed by atoms with Gasteiger partial charge in [-0.25, -0.2) is 27.0 Å². The summed E-state index contributed by atoms with van der Waals surface area (Å²) in [5.74, 6) is -2.36. The van der Waals surface area contributed by atoms with Crippen LogP contribution < -0.4 is 14.8 Å². The van der Waals surface area contributed by atoms with E-state index >= 15 is 0 Å².